The summed E-state index contributed by atoms with van der Waals surface area (Å²) in [5, 5.41) is 2.26. The van der Waals surface area contributed by atoms with E-state index in [2.05, 4.69) is 5.09 Å². The number of para-hydroxylation sites is 1. The van der Waals surface area contributed by atoms with Gasteiger partial charge in [0.1, 0.15) is 11.8 Å². The van der Waals surface area contributed by atoms with Crippen molar-refractivity contribution >= 4 is 13.7 Å². The highest BCUT2D eigenvalue weighted by molar-refractivity contribution is 7.52. The van der Waals surface area contributed by atoms with Gasteiger partial charge in [0.2, 0.25) is 34.8 Å². The lowest BCUT2D eigenvalue weighted by atomic mass is 10.0. The predicted octanol–water partition coefficient (Wildman–Crippen LogP) is 6.54. The first-order chi connectivity index (χ1) is 16.4. The molecule has 0 heterocycles. The molecule has 2 atom stereocenters. The van der Waals surface area contributed by atoms with Gasteiger partial charge in [-0.3, -0.25) is 4.79 Å². The molecule has 0 radical (unpaired) electrons. The first kappa shape index (κ1) is 28.6. The van der Waals surface area contributed by atoms with E-state index in [1.165, 1.54) is 24.3 Å². The van der Waals surface area contributed by atoms with Crippen molar-refractivity contribution in [3.05, 3.63) is 59.4 Å². The van der Waals surface area contributed by atoms with Gasteiger partial charge in [-0.25, -0.2) is 17.7 Å². The Morgan fingerprint density at radius 1 is 0.886 bits per heavy atom. The molecule has 2 rings (SSSR count). The number of ether oxygens (including phenoxy) is 1. The average Bonchev–Trinajstić information content (AvgIpc) is 2.83. The van der Waals surface area contributed by atoms with Crippen molar-refractivity contribution in [2.75, 3.05) is 6.61 Å². The minimum Gasteiger partial charge on any atom is -0.464 e. The van der Waals surface area contributed by atoms with Crippen LogP contribution in [0.3, 0.4) is 0 Å². The van der Waals surface area contributed by atoms with Gasteiger partial charge in [-0.2, -0.15) is 13.9 Å². The van der Waals surface area contributed by atoms with Crippen molar-refractivity contribution in [2.24, 2.45) is 11.8 Å². The molecule has 2 unspecified atom stereocenters. The fourth-order valence-electron chi connectivity index (χ4n) is 2.93. The van der Waals surface area contributed by atoms with Gasteiger partial charge in [0.15, 0.2) is 0 Å². The van der Waals surface area contributed by atoms with Crippen LogP contribution in [-0.2, 0) is 14.1 Å². The number of carbonyl (C=O) groups is 1. The molecule has 2 aromatic carbocycles. The largest absolute Gasteiger partial charge is 0.513 e. The summed E-state index contributed by atoms with van der Waals surface area (Å²) in [6.45, 7) is 7.02. The van der Waals surface area contributed by atoms with Gasteiger partial charge < -0.3 is 13.8 Å². The van der Waals surface area contributed by atoms with E-state index in [0.717, 1.165) is 12.8 Å². The molecule has 2 aromatic rings. The molecule has 0 saturated carbocycles. The van der Waals surface area contributed by atoms with Crippen molar-refractivity contribution in [3.63, 3.8) is 0 Å². The number of carbonyl (C=O) groups excluding carboxylic acids is 1. The molecule has 35 heavy (non-hydrogen) atoms. The van der Waals surface area contributed by atoms with Crippen molar-refractivity contribution in [1.82, 2.24) is 5.09 Å². The maximum atomic E-state index is 14.3. The smallest absolute Gasteiger partial charge is 0.464 e. The van der Waals surface area contributed by atoms with Crippen LogP contribution in [0.15, 0.2) is 30.3 Å². The Bertz CT molecular complexity index is 1040. The highest BCUT2D eigenvalue weighted by Crippen LogP contribution is 2.48. The van der Waals surface area contributed by atoms with Crippen LogP contribution in [-0.4, -0.2) is 18.6 Å². The number of halogens is 5. The van der Waals surface area contributed by atoms with Crippen molar-refractivity contribution in [3.8, 4) is 11.5 Å². The molecule has 0 saturated heterocycles. The van der Waals surface area contributed by atoms with Crippen LogP contribution in [0.25, 0.3) is 0 Å². The normalized spacial score (nSPS) is 14.0. The Kier molecular flexibility index (Phi) is 10.1. The van der Waals surface area contributed by atoms with E-state index in [1.807, 2.05) is 13.8 Å². The fourth-order valence-corrected chi connectivity index (χ4v) is 4.62. The summed E-state index contributed by atoms with van der Waals surface area (Å²) in [5.74, 6) is -15.0. The first-order valence-corrected chi connectivity index (χ1v) is 12.5. The lowest BCUT2D eigenvalue weighted by Gasteiger charge is -2.27. The third-order valence-electron chi connectivity index (χ3n) is 5.18. The van der Waals surface area contributed by atoms with Crippen LogP contribution in [0.2, 0.25) is 0 Å². The van der Waals surface area contributed by atoms with Crippen molar-refractivity contribution in [2.45, 2.75) is 46.6 Å². The van der Waals surface area contributed by atoms with E-state index < -0.39 is 60.5 Å². The predicted molar refractivity (Wildman–Crippen MR) is 118 cm³/mol. The Morgan fingerprint density at radius 2 is 1.40 bits per heavy atom. The molecule has 6 nitrogen and oxygen atoms in total. The number of nitrogens with one attached hydrogen (secondary N) is 1. The van der Waals surface area contributed by atoms with Gasteiger partial charge in [0.05, 0.1) is 6.61 Å². The van der Waals surface area contributed by atoms with E-state index in [0.29, 0.717) is 0 Å². The molecule has 0 amide bonds. The van der Waals surface area contributed by atoms with Crippen LogP contribution in [0.5, 0.6) is 11.5 Å². The minimum absolute atomic E-state index is 0.0685. The summed E-state index contributed by atoms with van der Waals surface area (Å²) < 4.78 is 98.4. The summed E-state index contributed by atoms with van der Waals surface area (Å²) in [6.07, 6.45) is 1.48. The van der Waals surface area contributed by atoms with Crippen molar-refractivity contribution < 1.29 is 45.1 Å². The van der Waals surface area contributed by atoms with Crippen LogP contribution >= 0.6 is 7.75 Å². The number of esters is 1. The topological polar surface area (TPSA) is 73.9 Å². The number of rotatable bonds is 12. The van der Waals surface area contributed by atoms with Crippen LogP contribution in [0, 0.1) is 40.9 Å². The lowest BCUT2D eigenvalue weighted by molar-refractivity contribution is -0.148. The molecule has 12 heteroatoms. The highest BCUT2D eigenvalue weighted by Gasteiger charge is 2.40. The quantitative estimate of drug-likeness (QED) is 0.112. The van der Waals surface area contributed by atoms with E-state index in [-0.39, 0.29) is 18.3 Å². The maximum absolute atomic E-state index is 14.3. The van der Waals surface area contributed by atoms with Gasteiger partial charge in [-0.15, -0.1) is 0 Å². The SMILES string of the molecule is CCC(CC)COC(=O)C(NP(=O)(Oc1ccccc1)Oc1c(F)c(F)c(F)c(F)c1F)C(C)C. The molecule has 0 fully saturated rings. The first-order valence-electron chi connectivity index (χ1n) is 10.9. The Balaban J connectivity index is 2.45. The molecule has 0 spiro atoms. The second-order valence-electron chi connectivity index (χ2n) is 8.06. The van der Waals surface area contributed by atoms with E-state index in [4.69, 9.17) is 13.8 Å². The Labute approximate surface area is 200 Å². The lowest BCUT2D eigenvalue weighted by Crippen LogP contribution is -2.42. The van der Waals surface area contributed by atoms with E-state index >= 15 is 0 Å². The molecular weight excluding hydrogens is 496 g/mol. The third-order valence-corrected chi connectivity index (χ3v) is 6.65. The Hall–Kier alpha value is -2.65. The summed E-state index contributed by atoms with van der Waals surface area (Å²) in [5.41, 5.74) is 0. The third kappa shape index (κ3) is 7.18. The standard InChI is InChI=1S/C23H27F5NO5P/c1-5-14(6-2)12-32-23(30)21(13(3)4)29-35(31,33-15-10-8-7-9-11-15)34-22-19(27)17(25)16(24)18(26)20(22)28/h7-11,13-14,21H,5-6,12H2,1-4H3,(H,29,31). The van der Waals surface area contributed by atoms with Gasteiger partial charge in [-0.1, -0.05) is 58.7 Å². The zero-order valence-electron chi connectivity index (χ0n) is 19.6. The van der Waals surface area contributed by atoms with Gasteiger partial charge in [0.25, 0.3) is 0 Å². The second-order valence-corrected chi connectivity index (χ2v) is 9.67. The van der Waals surface area contributed by atoms with E-state index in [9.17, 15) is 31.3 Å². The molecule has 194 valence electrons. The van der Waals surface area contributed by atoms with Gasteiger partial charge in [0, 0.05) is 0 Å². The maximum Gasteiger partial charge on any atom is 0.513 e. The van der Waals surface area contributed by atoms with Gasteiger partial charge in [-0.05, 0) is 24.0 Å². The summed E-state index contributed by atoms with van der Waals surface area (Å²) in [4.78, 5) is 12.8. The van der Waals surface area contributed by atoms with E-state index in [1.54, 1.807) is 19.9 Å². The molecule has 0 aromatic heterocycles. The summed E-state index contributed by atoms with van der Waals surface area (Å²) in [7, 11) is -4.98. The van der Waals surface area contributed by atoms with Crippen molar-refractivity contribution in [1.29, 1.82) is 0 Å². The number of benzene rings is 2. The molecule has 0 aliphatic heterocycles. The van der Waals surface area contributed by atoms with Crippen LogP contribution < -0.4 is 14.1 Å². The Morgan fingerprint density at radius 3 is 1.89 bits per heavy atom. The summed E-state index contributed by atoms with van der Waals surface area (Å²) in [6, 6.07) is 5.78. The summed E-state index contributed by atoms with van der Waals surface area (Å²) >= 11 is 0. The molecular formula is C23H27F5NO5P. The number of hydrogen-bond acceptors (Lipinski definition) is 5. The van der Waals surface area contributed by atoms with Crippen LogP contribution in [0.4, 0.5) is 22.0 Å². The zero-order valence-corrected chi connectivity index (χ0v) is 20.5. The second kappa shape index (κ2) is 12.4. The average molecular weight is 523 g/mol. The molecule has 0 bridgehead atoms. The monoisotopic (exact) mass is 523 g/mol. The fraction of sp³-hybridized carbons (Fsp3) is 0.435. The highest BCUT2D eigenvalue weighted by atomic mass is 31.2. The zero-order chi connectivity index (χ0) is 26.3. The molecule has 0 aliphatic carbocycles. The molecule has 0 aliphatic rings. The molecule has 1 N–H and O–H groups in total. The number of hydrogen-bond donors (Lipinski definition) is 1. The minimum atomic E-state index is -4.98. The van der Waals surface area contributed by atoms with Gasteiger partial charge >= 0.3 is 13.7 Å². The van der Waals surface area contributed by atoms with Crippen LogP contribution in [0.1, 0.15) is 40.5 Å².